The Kier molecular flexibility index (Phi) is 7.55. The molecule has 0 heterocycles. The van der Waals surface area contributed by atoms with Crippen molar-refractivity contribution >= 4 is 11.6 Å². The third-order valence-electron chi connectivity index (χ3n) is 5.23. The molecular weight excluding hydrogens is 390 g/mol. The van der Waals surface area contributed by atoms with Crippen LogP contribution in [0.3, 0.4) is 0 Å². The van der Waals surface area contributed by atoms with Crippen molar-refractivity contribution in [1.29, 1.82) is 0 Å². The first-order valence-electron chi connectivity index (χ1n) is 10.4. The van der Waals surface area contributed by atoms with Gasteiger partial charge in [0.1, 0.15) is 23.9 Å². The Hall–Kier alpha value is -3.47. The van der Waals surface area contributed by atoms with Crippen molar-refractivity contribution < 1.29 is 19.0 Å². The van der Waals surface area contributed by atoms with E-state index in [-0.39, 0.29) is 12.5 Å². The Morgan fingerprint density at radius 2 is 1.45 bits per heavy atom. The number of nitrogens with one attached hydrogen (secondary N) is 1. The van der Waals surface area contributed by atoms with Gasteiger partial charge in [-0.2, -0.15) is 0 Å². The first-order chi connectivity index (χ1) is 15.1. The highest BCUT2D eigenvalue weighted by Crippen LogP contribution is 2.26. The molecule has 162 valence electrons. The highest BCUT2D eigenvalue weighted by molar-refractivity contribution is 6.05. The highest BCUT2D eigenvalue weighted by atomic mass is 16.5. The summed E-state index contributed by atoms with van der Waals surface area (Å²) in [5.41, 5.74) is 4.52. The second-order valence-corrected chi connectivity index (χ2v) is 7.10. The number of methoxy groups -OCH3 is 2. The molecule has 3 aromatic rings. The molecular formula is C26H29NO4. The summed E-state index contributed by atoms with van der Waals surface area (Å²) in [5.74, 6) is 2.00. The molecule has 0 bridgehead atoms. The van der Waals surface area contributed by atoms with Crippen molar-refractivity contribution in [3.8, 4) is 17.2 Å². The minimum atomic E-state index is -0.149. The average Bonchev–Trinajstić information content (AvgIpc) is 2.82. The minimum absolute atomic E-state index is 0.149. The van der Waals surface area contributed by atoms with Gasteiger partial charge in [0, 0.05) is 16.8 Å². The smallest absolute Gasteiger partial charge is 0.255 e. The monoisotopic (exact) mass is 419 g/mol. The number of amides is 1. The van der Waals surface area contributed by atoms with Crippen LogP contribution in [0.4, 0.5) is 5.69 Å². The number of carbonyl (C=O) groups is 1. The van der Waals surface area contributed by atoms with Gasteiger partial charge in [0.05, 0.1) is 14.2 Å². The number of carbonyl (C=O) groups excluding carboxylic acids is 1. The molecule has 0 aromatic heterocycles. The van der Waals surface area contributed by atoms with Crippen LogP contribution >= 0.6 is 0 Å². The molecule has 0 saturated carbocycles. The van der Waals surface area contributed by atoms with Crippen LogP contribution in [-0.4, -0.2) is 20.1 Å². The van der Waals surface area contributed by atoms with Gasteiger partial charge in [-0.05, 0) is 66.4 Å². The summed E-state index contributed by atoms with van der Waals surface area (Å²) in [6.07, 6.45) is 1.71. The van der Waals surface area contributed by atoms with E-state index < -0.39 is 0 Å². The van der Waals surface area contributed by atoms with Crippen molar-refractivity contribution in [3.05, 3.63) is 82.9 Å². The fraction of sp³-hybridized carbons (Fsp3) is 0.269. The van der Waals surface area contributed by atoms with Crippen LogP contribution in [0.5, 0.6) is 17.2 Å². The molecule has 3 rings (SSSR count). The summed E-state index contributed by atoms with van der Waals surface area (Å²) in [7, 11) is 3.23. The van der Waals surface area contributed by atoms with Crippen molar-refractivity contribution in [2.24, 2.45) is 0 Å². The molecule has 0 saturated heterocycles. The third kappa shape index (κ3) is 5.37. The van der Waals surface area contributed by atoms with Crippen molar-refractivity contribution in [3.63, 3.8) is 0 Å². The molecule has 0 unspecified atom stereocenters. The molecule has 1 N–H and O–H groups in total. The van der Waals surface area contributed by atoms with Gasteiger partial charge >= 0.3 is 0 Å². The van der Waals surface area contributed by atoms with Crippen LogP contribution in [-0.2, 0) is 19.4 Å². The van der Waals surface area contributed by atoms with Gasteiger partial charge in [0.25, 0.3) is 5.91 Å². The van der Waals surface area contributed by atoms with Crippen molar-refractivity contribution in [2.75, 3.05) is 19.5 Å². The summed E-state index contributed by atoms with van der Waals surface area (Å²) in [6.45, 7) is 4.46. The lowest BCUT2D eigenvalue weighted by Gasteiger charge is -2.16. The number of aryl methyl sites for hydroxylation is 2. The number of anilines is 1. The van der Waals surface area contributed by atoms with E-state index in [1.807, 2.05) is 36.4 Å². The number of ether oxygens (including phenoxy) is 3. The normalized spacial score (nSPS) is 10.5. The van der Waals surface area contributed by atoms with E-state index in [2.05, 4.69) is 31.3 Å². The van der Waals surface area contributed by atoms with E-state index >= 15 is 0 Å². The Labute approximate surface area is 184 Å². The maximum absolute atomic E-state index is 13.0. The molecule has 0 spiro atoms. The van der Waals surface area contributed by atoms with Gasteiger partial charge < -0.3 is 19.5 Å². The number of rotatable bonds is 9. The van der Waals surface area contributed by atoms with Crippen LogP contribution in [0.15, 0.2) is 60.7 Å². The van der Waals surface area contributed by atoms with Gasteiger partial charge in [-0.1, -0.05) is 32.0 Å². The second kappa shape index (κ2) is 10.5. The standard InChI is InChI=1S/C26H29NO4/c1-5-18-8-7-9-19(6-2)25(18)27-26(28)20-10-15-24(30-4)21(16-20)17-31-23-13-11-22(29-3)12-14-23/h7-16H,5-6,17H2,1-4H3,(H,27,28). The van der Waals surface area contributed by atoms with Crippen molar-refractivity contribution in [1.82, 2.24) is 0 Å². The van der Waals surface area contributed by atoms with Crippen LogP contribution in [0.2, 0.25) is 0 Å². The predicted octanol–water partition coefficient (Wildman–Crippen LogP) is 5.66. The van der Waals surface area contributed by atoms with Crippen LogP contribution in [0.25, 0.3) is 0 Å². The van der Waals surface area contributed by atoms with Gasteiger partial charge in [-0.3, -0.25) is 4.79 Å². The van der Waals surface area contributed by atoms with Crippen LogP contribution in [0.1, 0.15) is 40.9 Å². The van der Waals surface area contributed by atoms with E-state index in [0.717, 1.165) is 41.0 Å². The van der Waals surface area contributed by atoms with Gasteiger partial charge in [-0.15, -0.1) is 0 Å². The molecule has 5 heteroatoms. The second-order valence-electron chi connectivity index (χ2n) is 7.10. The molecule has 0 aliphatic rings. The Balaban J connectivity index is 1.80. The molecule has 0 aliphatic carbocycles. The maximum atomic E-state index is 13.0. The lowest BCUT2D eigenvalue weighted by molar-refractivity contribution is 0.102. The van der Waals surface area contributed by atoms with E-state index in [1.54, 1.807) is 26.4 Å². The summed E-state index contributed by atoms with van der Waals surface area (Å²) < 4.78 is 16.5. The number of hydrogen-bond acceptors (Lipinski definition) is 4. The molecule has 0 radical (unpaired) electrons. The predicted molar refractivity (Wildman–Crippen MR) is 123 cm³/mol. The molecule has 5 nitrogen and oxygen atoms in total. The van der Waals surface area contributed by atoms with E-state index in [9.17, 15) is 4.79 Å². The maximum Gasteiger partial charge on any atom is 0.255 e. The Bertz CT molecular complexity index is 1010. The SMILES string of the molecule is CCc1cccc(CC)c1NC(=O)c1ccc(OC)c(COc2ccc(OC)cc2)c1. The average molecular weight is 420 g/mol. The molecule has 0 fully saturated rings. The van der Waals surface area contributed by atoms with Crippen LogP contribution < -0.4 is 19.5 Å². The summed E-state index contributed by atoms with van der Waals surface area (Å²) in [6, 6.07) is 18.9. The summed E-state index contributed by atoms with van der Waals surface area (Å²) >= 11 is 0. The lowest BCUT2D eigenvalue weighted by Crippen LogP contribution is -2.15. The topological polar surface area (TPSA) is 56.8 Å². The Morgan fingerprint density at radius 3 is 2.03 bits per heavy atom. The molecule has 0 aliphatic heterocycles. The fourth-order valence-corrected chi connectivity index (χ4v) is 3.45. The zero-order valence-corrected chi connectivity index (χ0v) is 18.5. The first kappa shape index (κ1) is 22.2. The summed E-state index contributed by atoms with van der Waals surface area (Å²) in [5, 5.41) is 3.11. The van der Waals surface area contributed by atoms with Gasteiger partial charge in [-0.25, -0.2) is 0 Å². The molecule has 3 aromatic carbocycles. The number of benzene rings is 3. The fourth-order valence-electron chi connectivity index (χ4n) is 3.45. The number of hydrogen-bond donors (Lipinski definition) is 1. The van der Waals surface area contributed by atoms with E-state index in [4.69, 9.17) is 14.2 Å². The van der Waals surface area contributed by atoms with Gasteiger partial charge in [0.2, 0.25) is 0 Å². The van der Waals surface area contributed by atoms with Crippen LogP contribution in [0, 0.1) is 0 Å². The van der Waals surface area contributed by atoms with Crippen molar-refractivity contribution in [2.45, 2.75) is 33.3 Å². The minimum Gasteiger partial charge on any atom is -0.497 e. The third-order valence-corrected chi connectivity index (χ3v) is 5.23. The zero-order chi connectivity index (χ0) is 22.2. The molecule has 1 amide bonds. The first-order valence-corrected chi connectivity index (χ1v) is 10.4. The largest absolute Gasteiger partial charge is 0.497 e. The molecule has 31 heavy (non-hydrogen) atoms. The van der Waals surface area contributed by atoms with E-state index in [0.29, 0.717) is 17.1 Å². The van der Waals surface area contributed by atoms with E-state index in [1.165, 1.54) is 0 Å². The van der Waals surface area contributed by atoms with Gasteiger partial charge in [0.15, 0.2) is 0 Å². The zero-order valence-electron chi connectivity index (χ0n) is 18.5. The highest BCUT2D eigenvalue weighted by Gasteiger charge is 2.14. The lowest BCUT2D eigenvalue weighted by atomic mass is 10.0. The molecule has 0 atom stereocenters. The quantitative estimate of drug-likeness (QED) is 0.486. The summed E-state index contributed by atoms with van der Waals surface area (Å²) in [4.78, 5) is 13.0. The Morgan fingerprint density at radius 1 is 0.806 bits per heavy atom. The number of para-hydroxylation sites is 1.